The van der Waals surface area contributed by atoms with Crippen LogP contribution in [0.4, 0.5) is 0 Å². The highest BCUT2D eigenvalue weighted by molar-refractivity contribution is 5.93. The fraction of sp³-hybridized carbons (Fsp3) is 0.231. The van der Waals surface area contributed by atoms with Crippen LogP contribution in [-0.4, -0.2) is 35.5 Å². The summed E-state index contributed by atoms with van der Waals surface area (Å²) in [5, 5.41) is 10.5. The molecular weight excluding hydrogens is 234 g/mol. The van der Waals surface area contributed by atoms with Crippen molar-refractivity contribution in [3.63, 3.8) is 0 Å². The number of nitrogens with zero attached hydrogens (tertiary/aromatic N) is 1. The minimum Gasteiger partial charge on any atom is -0.468 e. The predicted octanol–water partition coefficient (Wildman–Crippen LogP) is 0.403. The molecule has 0 aliphatic carbocycles. The van der Waals surface area contributed by atoms with Crippen molar-refractivity contribution in [2.75, 3.05) is 13.7 Å². The lowest BCUT2D eigenvalue weighted by molar-refractivity contribution is -0.157. The van der Waals surface area contributed by atoms with Gasteiger partial charge in [-0.2, -0.15) is 0 Å². The summed E-state index contributed by atoms with van der Waals surface area (Å²) < 4.78 is 4.52. The van der Waals surface area contributed by atoms with Gasteiger partial charge in [0.25, 0.3) is 0 Å². The normalized spacial score (nSPS) is 22.3. The zero-order valence-electron chi connectivity index (χ0n) is 9.87. The van der Waals surface area contributed by atoms with E-state index >= 15 is 0 Å². The molecular formula is C13H13NO4. The Balaban J connectivity index is 2.33. The second-order valence-electron chi connectivity index (χ2n) is 3.93. The predicted molar refractivity (Wildman–Crippen MR) is 63.2 cm³/mol. The lowest BCUT2D eigenvalue weighted by atomic mass is 10.0. The summed E-state index contributed by atoms with van der Waals surface area (Å²) in [6.45, 7) is -0.298. The maximum absolute atomic E-state index is 11.7. The minimum atomic E-state index is -1.59. The van der Waals surface area contributed by atoms with Crippen molar-refractivity contribution in [3.8, 4) is 0 Å². The van der Waals surface area contributed by atoms with Crippen molar-refractivity contribution < 1.29 is 19.4 Å². The van der Waals surface area contributed by atoms with E-state index in [4.69, 9.17) is 0 Å². The first kappa shape index (κ1) is 12.3. The molecule has 0 fully saturated rings. The summed E-state index contributed by atoms with van der Waals surface area (Å²) in [7, 11) is 1.23. The average Bonchev–Trinajstić information content (AvgIpc) is 2.69. The summed E-state index contributed by atoms with van der Waals surface area (Å²) in [5.74, 6) is -1.01. The Morgan fingerprint density at radius 3 is 2.67 bits per heavy atom. The van der Waals surface area contributed by atoms with Crippen molar-refractivity contribution in [1.29, 1.82) is 0 Å². The summed E-state index contributed by atoms with van der Waals surface area (Å²) >= 11 is 0. The van der Waals surface area contributed by atoms with E-state index in [0.717, 1.165) is 4.90 Å². The Bertz CT molecular complexity index is 497. The van der Waals surface area contributed by atoms with E-state index in [9.17, 15) is 14.7 Å². The minimum absolute atomic E-state index is 0.298. The van der Waals surface area contributed by atoms with Gasteiger partial charge < -0.3 is 9.84 Å². The highest BCUT2D eigenvalue weighted by Crippen LogP contribution is 2.31. The first-order chi connectivity index (χ1) is 8.58. The van der Waals surface area contributed by atoms with Gasteiger partial charge in [0.05, 0.1) is 7.11 Å². The summed E-state index contributed by atoms with van der Waals surface area (Å²) in [4.78, 5) is 24.0. The van der Waals surface area contributed by atoms with Crippen molar-refractivity contribution >= 4 is 11.9 Å². The first-order valence-electron chi connectivity index (χ1n) is 5.43. The Morgan fingerprint density at radius 2 is 2.06 bits per heavy atom. The lowest BCUT2D eigenvalue weighted by Crippen LogP contribution is -2.46. The van der Waals surface area contributed by atoms with Crippen LogP contribution in [0.3, 0.4) is 0 Å². The standard InChI is InChI=1S/C13H13NO4/c1-18-12(16)9-14-11(15)7-8-13(14,17)10-5-3-2-4-6-10/h2-8,17H,9H2,1H3. The average molecular weight is 247 g/mol. The quantitative estimate of drug-likeness (QED) is 0.785. The zero-order valence-corrected chi connectivity index (χ0v) is 9.87. The third kappa shape index (κ3) is 2.00. The Kier molecular flexibility index (Phi) is 3.16. The molecule has 18 heavy (non-hydrogen) atoms. The molecule has 1 aliphatic rings. The molecule has 0 bridgehead atoms. The lowest BCUT2D eigenvalue weighted by Gasteiger charge is -2.32. The Hall–Kier alpha value is -2.14. The molecule has 5 heteroatoms. The number of aliphatic hydroxyl groups is 1. The number of hydrogen-bond donors (Lipinski definition) is 1. The van der Waals surface area contributed by atoms with E-state index in [1.807, 2.05) is 0 Å². The summed E-state index contributed by atoms with van der Waals surface area (Å²) in [5.41, 5.74) is -1.07. The van der Waals surface area contributed by atoms with Gasteiger partial charge in [0.1, 0.15) is 6.54 Å². The number of rotatable bonds is 3. The second-order valence-corrected chi connectivity index (χ2v) is 3.93. The van der Waals surface area contributed by atoms with Crippen LogP contribution < -0.4 is 0 Å². The van der Waals surface area contributed by atoms with Crippen LogP contribution in [-0.2, 0) is 20.1 Å². The van der Waals surface area contributed by atoms with E-state index in [2.05, 4.69) is 4.74 Å². The fourth-order valence-electron chi connectivity index (χ4n) is 1.86. The van der Waals surface area contributed by atoms with Crippen LogP contribution in [0, 0.1) is 0 Å². The van der Waals surface area contributed by atoms with Crippen molar-refractivity contribution in [2.45, 2.75) is 5.72 Å². The van der Waals surface area contributed by atoms with Gasteiger partial charge in [-0.05, 0) is 6.08 Å². The number of methoxy groups -OCH3 is 1. The van der Waals surface area contributed by atoms with Gasteiger partial charge in [-0.25, -0.2) is 0 Å². The number of carbonyl (C=O) groups is 2. The van der Waals surface area contributed by atoms with E-state index in [1.54, 1.807) is 30.3 Å². The van der Waals surface area contributed by atoms with Gasteiger partial charge in [0.15, 0.2) is 5.72 Å². The molecule has 0 saturated carbocycles. The number of carbonyl (C=O) groups excluding carboxylic acids is 2. The monoisotopic (exact) mass is 247 g/mol. The van der Waals surface area contributed by atoms with Crippen LogP contribution in [0.15, 0.2) is 42.5 Å². The summed E-state index contributed by atoms with van der Waals surface area (Å²) in [6.07, 6.45) is 2.61. The fourth-order valence-corrected chi connectivity index (χ4v) is 1.86. The third-order valence-electron chi connectivity index (χ3n) is 2.85. The Morgan fingerprint density at radius 1 is 1.39 bits per heavy atom. The van der Waals surface area contributed by atoms with Crippen molar-refractivity contribution in [3.05, 3.63) is 48.0 Å². The number of amides is 1. The van der Waals surface area contributed by atoms with Gasteiger partial charge >= 0.3 is 5.97 Å². The van der Waals surface area contributed by atoms with E-state index in [-0.39, 0.29) is 6.54 Å². The highest BCUT2D eigenvalue weighted by atomic mass is 16.5. The largest absolute Gasteiger partial charge is 0.468 e. The molecule has 0 spiro atoms. The van der Waals surface area contributed by atoms with Gasteiger partial charge in [-0.1, -0.05) is 30.3 Å². The van der Waals surface area contributed by atoms with Gasteiger partial charge in [0.2, 0.25) is 5.91 Å². The van der Waals surface area contributed by atoms with Crippen molar-refractivity contribution in [2.24, 2.45) is 0 Å². The smallest absolute Gasteiger partial charge is 0.325 e. The molecule has 2 rings (SSSR count). The second kappa shape index (κ2) is 4.62. The molecule has 94 valence electrons. The molecule has 0 saturated heterocycles. The van der Waals surface area contributed by atoms with Crippen LogP contribution >= 0.6 is 0 Å². The van der Waals surface area contributed by atoms with Gasteiger partial charge in [-0.3, -0.25) is 14.5 Å². The van der Waals surface area contributed by atoms with Crippen molar-refractivity contribution in [1.82, 2.24) is 4.90 Å². The number of benzene rings is 1. The zero-order chi connectivity index (χ0) is 13.2. The van der Waals surface area contributed by atoms with Gasteiger partial charge in [0, 0.05) is 11.6 Å². The van der Waals surface area contributed by atoms with E-state index in [0.29, 0.717) is 5.56 Å². The molecule has 1 heterocycles. The van der Waals surface area contributed by atoms with Crippen LogP contribution in [0.5, 0.6) is 0 Å². The molecule has 0 radical (unpaired) electrons. The maximum Gasteiger partial charge on any atom is 0.325 e. The maximum atomic E-state index is 11.7. The molecule has 1 aromatic carbocycles. The molecule has 1 atom stereocenters. The molecule has 1 aromatic rings. The molecule has 1 amide bonds. The number of esters is 1. The molecule has 5 nitrogen and oxygen atoms in total. The topological polar surface area (TPSA) is 66.8 Å². The van der Waals surface area contributed by atoms with Crippen LogP contribution in [0.2, 0.25) is 0 Å². The number of hydrogen-bond acceptors (Lipinski definition) is 4. The number of ether oxygens (including phenoxy) is 1. The summed E-state index contributed by atoms with van der Waals surface area (Å²) in [6, 6.07) is 8.68. The van der Waals surface area contributed by atoms with E-state index in [1.165, 1.54) is 19.3 Å². The third-order valence-corrected chi connectivity index (χ3v) is 2.85. The SMILES string of the molecule is COC(=O)CN1C(=O)C=CC1(O)c1ccccc1. The van der Waals surface area contributed by atoms with Crippen LogP contribution in [0.25, 0.3) is 0 Å². The molecule has 1 unspecified atom stereocenters. The van der Waals surface area contributed by atoms with E-state index < -0.39 is 17.6 Å². The first-order valence-corrected chi connectivity index (χ1v) is 5.43. The Labute approximate surface area is 104 Å². The van der Waals surface area contributed by atoms with Gasteiger partial charge in [-0.15, -0.1) is 0 Å². The molecule has 0 aromatic heterocycles. The molecule has 1 aliphatic heterocycles. The molecule has 1 N–H and O–H groups in total. The highest BCUT2D eigenvalue weighted by Gasteiger charge is 2.42. The van der Waals surface area contributed by atoms with Crippen LogP contribution in [0.1, 0.15) is 5.56 Å².